The van der Waals surface area contributed by atoms with Crippen molar-refractivity contribution in [3.63, 3.8) is 0 Å². The summed E-state index contributed by atoms with van der Waals surface area (Å²) in [4.78, 5) is 12.8. The third kappa shape index (κ3) is 3.81. The number of nitrogens with zero attached hydrogens (tertiary/aromatic N) is 2. The lowest BCUT2D eigenvalue weighted by molar-refractivity contribution is -0.123. The zero-order valence-electron chi connectivity index (χ0n) is 15.8. The molecular weight excluding hydrogens is 328 g/mol. The summed E-state index contributed by atoms with van der Waals surface area (Å²) in [5, 5.41) is 10.4. The van der Waals surface area contributed by atoms with Gasteiger partial charge in [0.1, 0.15) is 6.04 Å². The van der Waals surface area contributed by atoms with Crippen LogP contribution in [0.4, 0.5) is 0 Å². The Balaban J connectivity index is 1.77. The Kier molecular flexibility index (Phi) is 5.74. The average Bonchev–Trinajstić information content (AvgIpc) is 3.08. The van der Waals surface area contributed by atoms with E-state index in [1.807, 2.05) is 13.2 Å². The minimum atomic E-state index is -0.405. The normalized spacial score (nSPS) is 17.7. The molecule has 0 spiro atoms. The first-order valence-corrected chi connectivity index (χ1v) is 9.13. The van der Waals surface area contributed by atoms with E-state index in [9.17, 15) is 4.79 Å². The van der Waals surface area contributed by atoms with Gasteiger partial charge in [0.05, 0.1) is 6.20 Å². The molecule has 26 heavy (non-hydrogen) atoms. The van der Waals surface area contributed by atoms with E-state index in [2.05, 4.69) is 46.9 Å². The number of nitrogens with one attached hydrogen (secondary N) is 2. The number of likely N-dealkylation sites (N-methyl/N-ethyl adjacent to an activating group) is 1. The second kappa shape index (κ2) is 8.01. The largest absolute Gasteiger partial charge is 0.381 e. The Morgan fingerprint density at radius 3 is 2.69 bits per heavy atom. The fourth-order valence-corrected chi connectivity index (χ4v) is 3.87. The van der Waals surface area contributed by atoms with Gasteiger partial charge in [-0.05, 0) is 37.9 Å². The fourth-order valence-electron chi connectivity index (χ4n) is 3.87. The van der Waals surface area contributed by atoms with Crippen LogP contribution in [0.15, 0.2) is 36.7 Å². The molecule has 0 bridgehead atoms. The Hall–Kier alpha value is -2.18. The number of hydrogen-bond acceptors (Lipinski definition) is 4. The zero-order chi connectivity index (χ0) is 18.6. The molecule has 2 aromatic rings. The molecule has 0 aliphatic carbocycles. The molecule has 140 valence electrons. The number of rotatable bonds is 6. The molecule has 0 radical (unpaired) electrons. The van der Waals surface area contributed by atoms with Crippen molar-refractivity contribution in [2.24, 2.45) is 7.05 Å². The molecule has 3 rings (SSSR count). The van der Waals surface area contributed by atoms with Crippen LogP contribution in [0.2, 0.25) is 0 Å². The summed E-state index contributed by atoms with van der Waals surface area (Å²) in [6.07, 6.45) is 5.42. The van der Waals surface area contributed by atoms with E-state index in [4.69, 9.17) is 4.74 Å². The summed E-state index contributed by atoms with van der Waals surface area (Å²) in [5.41, 5.74) is 3.36. The minimum Gasteiger partial charge on any atom is -0.381 e. The lowest BCUT2D eigenvalue weighted by Crippen LogP contribution is -2.47. The summed E-state index contributed by atoms with van der Waals surface area (Å²) in [6, 6.07) is 8.05. The van der Waals surface area contributed by atoms with Crippen molar-refractivity contribution in [2.75, 3.05) is 26.8 Å². The lowest BCUT2D eigenvalue weighted by atomic mass is 9.72. The van der Waals surface area contributed by atoms with Gasteiger partial charge >= 0.3 is 0 Å². The predicted octanol–water partition coefficient (Wildman–Crippen LogP) is 1.85. The molecule has 0 saturated carbocycles. The molecule has 1 fully saturated rings. The number of carbonyl (C=O) groups is 1. The molecule has 6 heteroatoms. The van der Waals surface area contributed by atoms with Crippen LogP contribution in [0.3, 0.4) is 0 Å². The van der Waals surface area contributed by atoms with Gasteiger partial charge in [0.25, 0.3) is 0 Å². The molecule has 1 aliphatic rings. The maximum absolute atomic E-state index is 12.8. The molecule has 1 aromatic carbocycles. The summed E-state index contributed by atoms with van der Waals surface area (Å²) in [5.74, 6) is -0.0278. The van der Waals surface area contributed by atoms with Crippen LogP contribution < -0.4 is 10.6 Å². The third-order valence-electron chi connectivity index (χ3n) is 5.38. The van der Waals surface area contributed by atoms with Crippen molar-refractivity contribution in [2.45, 2.75) is 31.2 Å². The van der Waals surface area contributed by atoms with Gasteiger partial charge in [0.15, 0.2) is 0 Å². The maximum Gasteiger partial charge on any atom is 0.241 e. The molecule has 6 nitrogen and oxygen atoms in total. The molecule has 2 N–H and O–H groups in total. The highest BCUT2D eigenvalue weighted by Gasteiger charge is 2.36. The average molecular weight is 356 g/mol. The van der Waals surface area contributed by atoms with E-state index in [0.29, 0.717) is 6.54 Å². The zero-order valence-corrected chi connectivity index (χ0v) is 15.8. The van der Waals surface area contributed by atoms with Crippen LogP contribution in [0.5, 0.6) is 0 Å². The minimum absolute atomic E-state index is 0.0278. The van der Waals surface area contributed by atoms with E-state index in [-0.39, 0.29) is 11.3 Å². The highest BCUT2D eigenvalue weighted by Crippen LogP contribution is 2.36. The molecule has 1 aliphatic heterocycles. The van der Waals surface area contributed by atoms with Gasteiger partial charge in [-0.25, -0.2) is 0 Å². The smallest absolute Gasteiger partial charge is 0.241 e. The molecule has 1 saturated heterocycles. The third-order valence-corrected chi connectivity index (χ3v) is 5.38. The number of ether oxygens (including phenoxy) is 1. The van der Waals surface area contributed by atoms with E-state index in [0.717, 1.165) is 31.6 Å². The highest BCUT2D eigenvalue weighted by atomic mass is 16.5. The first-order chi connectivity index (χ1) is 12.6. The maximum atomic E-state index is 12.8. The van der Waals surface area contributed by atoms with Gasteiger partial charge in [0, 0.05) is 44.0 Å². The Morgan fingerprint density at radius 2 is 2.08 bits per heavy atom. The number of amides is 1. The van der Waals surface area contributed by atoms with Crippen molar-refractivity contribution in [1.29, 1.82) is 0 Å². The molecule has 1 unspecified atom stereocenters. The number of aryl methyl sites for hydroxylation is 2. The van der Waals surface area contributed by atoms with Crippen molar-refractivity contribution in [1.82, 2.24) is 20.4 Å². The second-order valence-electron chi connectivity index (χ2n) is 7.09. The SMILES string of the molecule is CNC(C(=O)NCC1(c2ccccc2C)CCOCC1)c1cnn(C)c1. The van der Waals surface area contributed by atoms with Crippen molar-refractivity contribution < 1.29 is 9.53 Å². The topological polar surface area (TPSA) is 68.2 Å². The Morgan fingerprint density at radius 1 is 1.35 bits per heavy atom. The molecular formula is C20H28N4O2. The van der Waals surface area contributed by atoms with E-state index in [1.54, 1.807) is 17.9 Å². The summed E-state index contributed by atoms with van der Waals surface area (Å²) in [7, 11) is 3.64. The van der Waals surface area contributed by atoms with Gasteiger partial charge in [-0.15, -0.1) is 0 Å². The highest BCUT2D eigenvalue weighted by molar-refractivity contribution is 5.83. The van der Waals surface area contributed by atoms with Crippen LogP contribution in [-0.2, 0) is 22.0 Å². The first kappa shape index (κ1) is 18.6. The fraction of sp³-hybridized carbons (Fsp3) is 0.500. The van der Waals surface area contributed by atoms with Crippen molar-refractivity contribution in [3.8, 4) is 0 Å². The number of carbonyl (C=O) groups excluding carboxylic acids is 1. The quantitative estimate of drug-likeness (QED) is 0.829. The van der Waals surface area contributed by atoms with Gasteiger partial charge in [0.2, 0.25) is 5.91 Å². The first-order valence-electron chi connectivity index (χ1n) is 9.13. The van der Waals surface area contributed by atoms with Crippen LogP contribution in [-0.4, -0.2) is 42.5 Å². The number of benzene rings is 1. The van der Waals surface area contributed by atoms with Gasteiger partial charge in [-0.2, -0.15) is 5.10 Å². The van der Waals surface area contributed by atoms with Gasteiger partial charge in [-0.3, -0.25) is 9.48 Å². The monoisotopic (exact) mass is 356 g/mol. The lowest BCUT2D eigenvalue weighted by Gasteiger charge is -2.39. The standard InChI is InChI=1S/C20H28N4O2/c1-15-6-4-5-7-17(15)20(8-10-26-11-9-20)14-22-19(25)18(21-2)16-12-23-24(3)13-16/h4-7,12-13,18,21H,8-11,14H2,1-3H3,(H,22,25). The van der Waals surface area contributed by atoms with Crippen LogP contribution >= 0.6 is 0 Å². The van der Waals surface area contributed by atoms with Crippen molar-refractivity contribution in [3.05, 3.63) is 53.3 Å². The summed E-state index contributed by atoms with van der Waals surface area (Å²) < 4.78 is 7.31. The predicted molar refractivity (Wildman–Crippen MR) is 101 cm³/mol. The molecule has 1 amide bonds. The van der Waals surface area contributed by atoms with Crippen LogP contribution in [0.1, 0.15) is 35.6 Å². The van der Waals surface area contributed by atoms with Gasteiger partial charge in [-0.1, -0.05) is 24.3 Å². The van der Waals surface area contributed by atoms with E-state index < -0.39 is 6.04 Å². The van der Waals surface area contributed by atoms with Crippen LogP contribution in [0, 0.1) is 6.92 Å². The van der Waals surface area contributed by atoms with Gasteiger partial charge < -0.3 is 15.4 Å². The Bertz CT molecular complexity index is 750. The molecule has 2 heterocycles. The second-order valence-corrected chi connectivity index (χ2v) is 7.09. The Labute approximate surface area is 154 Å². The summed E-state index contributed by atoms with van der Waals surface area (Å²) in [6.45, 7) is 4.20. The van der Waals surface area contributed by atoms with Crippen LogP contribution in [0.25, 0.3) is 0 Å². The molecule has 1 atom stereocenters. The van der Waals surface area contributed by atoms with E-state index >= 15 is 0 Å². The number of aromatic nitrogens is 2. The number of hydrogen-bond donors (Lipinski definition) is 2. The molecule has 1 aromatic heterocycles. The van der Waals surface area contributed by atoms with Crippen molar-refractivity contribution >= 4 is 5.91 Å². The van der Waals surface area contributed by atoms with E-state index in [1.165, 1.54) is 11.1 Å². The summed E-state index contributed by atoms with van der Waals surface area (Å²) >= 11 is 0.